The second-order valence-electron chi connectivity index (χ2n) is 7.44. The molecule has 2 aromatic heterocycles. The Morgan fingerprint density at radius 3 is 2.74 bits per heavy atom. The van der Waals surface area contributed by atoms with Gasteiger partial charge >= 0.3 is 0 Å². The van der Waals surface area contributed by atoms with Crippen molar-refractivity contribution in [1.29, 1.82) is 0 Å². The van der Waals surface area contributed by atoms with E-state index in [9.17, 15) is 0 Å². The molecule has 1 aliphatic heterocycles. The lowest BCUT2D eigenvalue weighted by atomic mass is 10.0. The quantitative estimate of drug-likeness (QED) is 0.723. The van der Waals surface area contributed by atoms with E-state index < -0.39 is 0 Å². The zero-order valence-electron chi connectivity index (χ0n) is 15.3. The van der Waals surface area contributed by atoms with Crippen LogP contribution < -0.4 is 10.6 Å². The van der Waals surface area contributed by atoms with Gasteiger partial charge in [0, 0.05) is 18.0 Å². The SMILES string of the molecule is c1ccc(C2CC2)c(-c2ccnc(Nc3cnn(C4CCNCC4)c3)n2)c1. The topological polar surface area (TPSA) is 67.7 Å². The summed E-state index contributed by atoms with van der Waals surface area (Å²) >= 11 is 0. The van der Waals surface area contributed by atoms with Crippen LogP contribution in [0, 0.1) is 0 Å². The summed E-state index contributed by atoms with van der Waals surface area (Å²) in [6, 6.07) is 11.1. The maximum atomic E-state index is 4.76. The van der Waals surface area contributed by atoms with Crippen LogP contribution in [0.1, 0.15) is 43.2 Å². The van der Waals surface area contributed by atoms with Gasteiger partial charge in [-0.25, -0.2) is 9.97 Å². The largest absolute Gasteiger partial charge is 0.321 e. The van der Waals surface area contributed by atoms with Crippen molar-refractivity contribution >= 4 is 11.6 Å². The summed E-state index contributed by atoms with van der Waals surface area (Å²) in [7, 11) is 0. The fourth-order valence-corrected chi connectivity index (χ4v) is 3.85. The van der Waals surface area contributed by atoms with Gasteiger partial charge in [0.2, 0.25) is 5.95 Å². The molecule has 138 valence electrons. The molecule has 1 saturated heterocycles. The lowest BCUT2D eigenvalue weighted by Crippen LogP contribution is -2.29. The van der Waals surface area contributed by atoms with Gasteiger partial charge in [0.05, 0.1) is 23.6 Å². The minimum Gasteiger partial charge on any atom is -0.321 e. The van der Waals surface area contributed by atoms with Crippen LogP contribution in [0.15, 0.2) is 48.9 Å². The molecule has 0 radical (unpaired) electrons. The molecule has 5 rings (SSSR count). The fourth-order valence-electron chi connectivity index (χ4n) is 3.85. The molecule has 27 heavy (non-hydrogen) atoms. The van der Waals surface area contributed by atoms with Crippen LogP contribution in [-0.2, 0) is 0 Å². The van der Waals surface area contributed by atoms with Crippen molar-refractivity contribution in [3.05, 3.63) is 54.5 Å². The van der Waals surface area contributed by atoms with Crippen LogP contribution in [0.2, 0.25) is 0 Å². The number of aromatic nitrogens is 4. The molecule has 0 atom stereocenters. The lowest BCUT2D eigenvalue weighted by molar-refractivity contribution is 0.343. The summed E-state index contributed by atoms with van der Waals surface area (Å²) in [5, 5.41) is 11.2. The third kappa shape index (κ3) is 3.57. The van der Waals surface area contributed by atoms with Crippen molar-refractivity contribution < 1.29 is 0 Å². The van der Waals surface area contributed by atoms with Crippen molar-refractivity contribution in [1.82, 2.24) is 25.1 Å². The number of piperidine rings is 1. The molecule has 3 aromatic rings. The molecule has 1 saturated carbocycles. The zero-order valence-corrected chi connectivity index (χ0v) is 15.3. The number of nitrogens with zero attached hydrogens (tertiary/aromatic N) is 4. The number of benzene rings is 1. The van der Waals surface area contributed by atoms with Gasteiger partial charge < -0.3 is 10.6 Å². The van der Waals surface area contributed by atoms with Crippen LogP contribution in [0.5, 0.6) is 0 Å². The molecule has 1 aliphatic carbocycles. The Balaban J connectivity index is 1.36. The standard InChI is InChI=1S/C21H24N6/c1-2-4-19(18(3-1)15-5-6-15)20-9-12-23-21(26-20)25-16-13-24-27(14-16)17-7-10-22-11-8-17/h1-4,9,12-15,17,22H,5-8,10-11H2,(H,23,25,26). The summed E-state index contributed by atoms with van der Waals surface area (Å²) in [6.45, 7) is 2.11. The van der Waals surface area contributed by atoms with Gasteiger partial charge in [0.25, 0.3) is 0 Å². The number of anilines is 2. The lowest BCUT2D eigenvalue weighted by Gasteiger charge is -2.22. The predicted octanol–water partition coefficient (Wildman–Crippen LogP) is 3.89. The van der Waals surface area contributed by atoms with Gasteiger partial charge in [0.1, 0.15) is 0 Å². The Kier molecular flexibility index (Phi) is 4.33. The maximum absolute atomic E-state index is 4.76. The van der Waals surface area contributed by atoms with E-state index in [-0.39, 0.29) is 0 Å². The van der Waals surface area contributed by atoms with E-state index in [4.69, 9.17) is 4.98 Å². The molecular formula is C21H24N6. The average molecular weight is 360 g/mol. The normalized spacial score (nSPS) is 17.8. The summed E-state index contributed by atoms with van der Waals surface area (Å²) < 4.78 is 2.06. The van der Waals surface area contributed by atoms with E-state index in [1.807, 2.05) is 18.5 Å². The number of hydrogen-bond donors (Lipinski definition) is 2. The molecule has 2 fully saturated rings. The summed E-state index contributed by atoms with van der Waals surface area (Å²) in [4.78, 5) is 9.16. The molecule has 2 N–H and O–H groups in total. The van der Waals surface area contributed by atoms with Crippen molar-refractivity contribution in [2.24, 2.45) is 0 Å². The second kappa shape index (κ2) is 7.12. The molecule has 0 spiro atoms. The summed E-state index contributed by atoms with van der Waals surface area (Å²) in [5.74, 6) is 1.30. The van der Waals surface area contributed by atoms with Gasteiger partial charge in [-0.1, -0.05) is 24.3 Å². The third-order valence-electron chi connectivity index (χ3n) is 5.45. The Hall–Kier alpha value is -2.73. The van der Waals surface area contributed by atoms with E-state index in [0.29, 0.717) is 17.9 Å². The first-order valence-electron chi connectivity index (χ1n) is 9.81. The Bertz CT molecular complexity index is 924. The van der Waals surface area contributed by atoms with Gasteiger partial charge in [-0.05, 0) is 56.3 Å². The molecular weight excluding hydrogens is 336 g/mol. The molecule has 0 amide bonds. The fraction of sp³-hybridized carbons (Fsp3) is 0.381. The first kappa shape index (κ1) is 16.4. The van der Waals surface area contributed by atoms with Crippen molar-refractivity contribution in [3.8, 4) is 11.3 Å². The van der Waals surface area contributed by atoms with Crippen LogP contribution in [-0.4, -0.2) is 32.8 Å². The molecule has 6 heteroatoms. The number of hydrogen-bond acceptors (Lipinski definition) is 5. The smallest absolute Gasteiger partial charge is 0.227 e. The molecule has 6 nitrogen and oxygen atoms in total. The van der Waals surface area contributed by atoms with Gasteiger partial charge in [-0.15, -0.1) is 0 Å². The molecule has 1 aromatic carbocycles. The highest BCUT2D eigenvalue weighted by Crippen LogP contribution is 2.44. The Labute approximate surface area is 159 Å². The first-order valence-corrected chi connectivity index (χ1v) is 9.81. The van der Waals surface area contributed by atoms with E-state index in [1.54, 1.807) is 0 Å². The predicted molar refractivity (Wildman–Crippen MR) is 106 cm³/mol. The molecule has 2 aliphatic rings. The molecule has 0 bridgehead atoms. The van der Waals surface area contributed by atoms with E-state index in [0.717, 1.165) is 37.3 Å². The van der Waals surface area contributed by atoms with Crippen molar-refractivity contribution in [2.45, 2.75) is 37.6 Å². The first-order chi connectivity index (χ1) is 13.4. The highest BCUT2D eigenvalue weighted by molar-refractivity contribution is 5.66. The van der Waals surface area contributed by atoms with Crippen LogP contribution in [0.3, 0.4) is 0 Å². The maximum Gasteiger partial charge on any atom is 0.227 e. The zero-order chi connectivity index (χ0) is 18.1. The van der Waals surface area contributed by atoms with Crippen molar-refractivity contribution in [2.75, 3.05) is 18.4 Å². The summed E-state index contributed by atoms with van der Waals surface area (Å²) in [5.41, 5.74) is 4.53. The second-order valence-corrected chi connectivity index (χ2v) is 7.44. The van der Waals surface area contributed by atoms with Crippen LogP contribution in [0.25, 0.3) is 11.3 Å². The van der Waals surface area contributed by atoms with E-state index in [1.165, 1.54) is 24.0 Å². The van der Waals surface area contributed by atoms with E-state index in [2.05, 4.69) is 55.9 Å². The minimum absolute atomic E-state index is 0.472. The average Bonchev–Trinajstić information content (AvgIpc) is 3.48. The summed E-state index contributed by atoms with van der Waals surface area (Å²) in [6.07, 6.45) is 10.5. The Morgan fingerprint density at radius 1 is 1.04 bits per heavy atom. The highest BCUT2D eigenvalue weighted by atomic mass is 15.3. The third-order valence-corrected chi connectivity index (χ3v) is 5.45. The van der Waals surface area contributed by atoms with Gasteiger partial charge in [-0.2, -0.15) is 5.10 Å². The minimum atomic E-state index is 0.472. The van der Waals surface area contributed by atoms with Crippen molar-refractivity contribution in [3.63, 3.8) is 0 Å². The highest BCUT2D eigenvalue weighted by Gasteiger charge is 2.26. The number of nitrogens with one attached hydrogen (secondary N) is 2. The monoisotopic (exact) mass is 360 g/mol. The molecule has 0 unspecified atom stereocenters. The van der Waals surface area contributed by atoms with Crippen LogP contribution >= 0.6 is 0 Å². The number of rotatable bonds is 5. The molecule has 3 heterocycles. The van der Waals surface area contributed by atoms with Crippen LogP contribution in [0.4, 0.5) is 11.6 Å². The van der Waals surface area contributed by atoms with Gasteiger partial charge in [0.15, 0.2) is 0 Å². The Morgan fingerprint density at radius 2 is 1.89 bits per heavy atom. The van der Waals surface area contributed by atoms with Gasteiger partial charge in [-0.3, -0.25) is 4.68 Å². The van der Waals surface area contributed by atoms with E-state index >= 15 is 0 Å².